The van der Waals surface area contributed by atoms with Gasteiger partial charge in [0.1, 0.15) is 0 Å². The van der Waals surface area contributed by atoms with Crippen molar-refractivity contribution < 1.29 is 0 Å². The highest BCUT2D eigenvalue weighted by Crippen LogP contribution is 2.26. The molecule has 3 nitrogen and oxygen atoms in total. The van der Waals surface area contributed by atoms with Crippen LogP contribution in [0.4, 0.5) is 11.4 Å². The molecule has 0 heterocycles. The van der Waals surface area contributed by atoms with Crippen molar-refractivity contribution in [3.05, 3.63) is 83.4 Å². The van der Waals surface area contributed by atoms with E-state index in [1.165, 1.54) is 0 Å². The van der Waals surface area contributed by atoms with E-state index in [-0.39, 0.29) is 0 Å². The van der Waals surface area contributed by atoms with Crippen LogP contribution in [0.2, 0.25) is 10.0 Å². The molecule has 0 aliphatic rings. The lowest BCUT2D eigenvalue weighted by molar-refractivity contribution is 0.939. The number of benzene rings is 2. The van der Waals surface area contributed by atoms with Crippen molar-refractivity contribution in [2.45, 2.75) is 6.92 Å². The van der Waals surface area contributed by atoms with Crippen LogP contribution in [0.5, 0.6) is 0 Å². The Morgan fingerprint density at radius 3 is 2.23 bits per heavy atom. The summed E-state index contributed by atoms with van der Waals surface area (Å²) in [5.41, 5.74) is 3.82. The standard InChI is InChI=1S/C21H23Cl2N3/c1-5-13-25(4)21-12-9-18(23)15-20(21)16(3)24-26(14-6-2)19-10-7-17(22)8-11-19/h5-12,15H,1-2,13-14H2,3-4H3/b24-16+. The van der Waals surface area contributed by atoms with Gasteiger partial charge in [-0.05, 0) is 49.4 Å². The fourth-order valence-corrected chi connectivity index (χ4v) is 2.90. The summed E-state index contributed by atoms with van der Waals surface area (Å²) in [6, 6.07) is 13.4. The molecule has 2 aromatic carbocycles. The minimum absolute atomic E-state index is 0.581. The molecule has 0 amide bonds. The molecule has 26 heavy (non-hydrogen) atoms. The Morgan fingerprint density at radius 1 is 1.00 bits per heavy atom. The first kappa shape index (κ1) is 20.1. The third kappa shape index (κ3) is 5.13. The summed E-state index contributed by atoms with van der Waals surface area (Å²) in [7, 11) is 2.02. The maximum absolute atomic E-state index is 6.24. The highest BCUT2D eigenvalue weighted by Gasteiger charge is 2.12. The topological polar surface area (TPSA) is 18.8 Å². The molecule has 0 spiro atoms. The lowest BCUT2D eigenvalue weighted by atomic mass is 10.1. The second-order valence-corrected chi connectivity index (χ2v) is 6.74. The number of hydrazone groups is 1. The molecule has 0 aromatic heterocycles. The van der Waals surface area contributed by atoms with Crippen molar-refractivity contribution in [3.8, 4) is 0 Å². The lowest BCUT2D eigenvalue weighted by Crippen LogP contribution is -2.22. The smallest absolute Gasteiger partial charge is 0.0672 e. The van der Waals surface area contributed by atoms with Crippen LogP contribution in [0, 0.1) is 0 Å². The largest absolute Gasteiger partial charge is 0.370 e. The van der Waals surface area contributed by atoms with Gasteiger partial charge in [-0.1, -0.05) is 35.4 Å². The van der Waals surface area contributed by atoms with Crippen LogP contribution in [0.15, 0.2) is 72.9 Å². The predicted molar refractivity (Wildman–Crippen MR) is 116 cm³/mol. The van der Waals surface area contributed by atoms with Crippen LogP contribution in [0.1, 0.15) is 12.5 Å². The molecule has 0 aliphatic carbocycles. The summed E-state index contributed by atoms with van der Waals surface area (Å²) in [6.07, 6.45) is 3.68. The Labute approximate surface area is 165 Å². The van der Waals surface area contributed by atoms with Gasteiger partial charge in [0, 0.05) is 34.9 Å². The van der Waals surface area contributed by atoms with Gasteiger partial charge in [0.05, 0.1) is 17.9 Å². The van der Waals surface area contributed by atoms with Crippen molar-refractivity contribution >= 4 is 40.3 Å². The molecule has 136 valence electrons. The Bertz CT molecular complexity index is 797. The first-order valence-corrected chi connectivity index (χ1v) is 9.03. The van der Waals surface area contributed by atoms with Gasteiger partial charge in [-0.15, -0.1) is 13.2 Å². The maximum atomic E-state index is 6.24. The van der Waals surface area contributed by atoms with Crippen LogP contribution >= 0.6 is 23.2 Å². The van der Waals surface area contributed by atoms with Gasteiger partial charge in [0.25, 0.3) is 0 Å². The highest BCUT2D eigenvalue weighted by molar-refractivity contribution is 6.31. The second-order valence-electron chi connectivity index (χ2n) is 5.86. The normalized spacial score (nSPS) is 11.2. The van der Waals surface area contributed by atoms with E-state index in [0.717, 1.165) is 29.2 Å². The van der Waals surface area contributed by atoms with E-state index in [9.17, 15) is 0 Å². The van der Waals surface area contributed by atoms with Crippen LogP contribution in [-0.2, 0) is 0 Å². The molecule has 2 aromatic rings. The number of nitrogens with zero attached hydrogens (tertiary/aromatic N) is 3. The van der Waals surface area contributed by atoms with E-state index in [2.05, 4.69) is 18.1 Å². The number of hydrogen-bond acceptors (Lipinski definition) is 3. The van der Waals surface area contributed by atoms with E-state index in [1.54, 1.807) is 0 Å². The van der Waals surface area contributed by atoms with Gasteiger partial charge >= 0.3 is 0 Å². The fourth-order valence-electron chi connectivity index (χ4n) is 2.60. The zero-order valence-electron chi connectivity index (χ0n) is 15.1. The van der Waals surface area contributed by atoms with Crippen molar-refractivity contribution in [2.75, 3.05) is 30.0 Å². The first-order chi connectivity index (χ1) is 12.5. The van der Waals surface area contributed by atoms with Gasteiger partial charge in [0.15, 0.2) is 0 Å². The molecular weight excluding hydrogens is 365 g/mol. The monoisotopic (exact) mass is 387 g/mol. The number of likely N-dealkylation sites (N-methyl/N-ethyl adjacent to an activating group) is 1. The first-order valence-electron chi connectivity index (χ1n) is 8.27. The van der Waals surface area contributed by atoms with Crippen molar-refractivity contribution in [2.24, 2.45) is 5.10 Å². The van der Waals surface area contributed by atoms with Crippen LogP contribution < -0.4 is 9.91 Å². The molecule has 0 atom stereocenters. The third-order valence-corrected chi connectivity index (χ3v) is 4.35. The summed E-state index contributed by atoms with van der Waals surface area (Å²) >= 11 is 12.2. The van der Waals surface area contributed by atoms with Crippen molar-refractivity contribution in [1.29, 1.82) is 0 Å². The summed E-state index contributed by atoms with van der Waals surface area (Å²) in [5.74, 6) is 0. The van der Waals surface area contributed by atoms with E-state index >= 15 is 0 Å². The van der Waals surface area contributed by atoms with E-state index < -0.39 is 0 Å². The van der Waals surface area contributed by atoms with Gasteiger partial charge < -0.3 is 4.90 Å². The summed E-state index contributed by atoms with van der Waals surface area (Å²) < 4.78 is 0. The maximum Gasteiger partial charge on any atom is 0.0672 e. The minimum atomic E-state index is 0.581. The number of anilines is 2. The Balaban J connectivity index is 2.45. The molecule has 5 heteroatoms. The molecule has 0 saturated carbocycles. The van der Waals surface area contributed by atoms with E-state index in [1.807, 2.05) is 73.6 Å². The molecular formula is C21H23Cl2N3. The lowest BCUT2D eigenvalue weighted by Gasteiger charge is -2.23. The zero-order valence-corrected chi connectivity index (χ0v) is 16.6. The Kier molecular flexibility index (Phi) is 7.31. The Hall–Kier alpha value is -2.23. The number of hydrogen-bond donors (Lipinski definition) is 0. The highest BCUT2D eigenvalue weighted by atomic mass is 35.5. The average molecular weight is 388 g/mol. The van der Waals surface area contributed by atoms with E-state index in [4.69, 9.17) is 28.3 Å². The minimum Gasteiger partial charge on any atom is -0.370 e. The summed E-state index contributed by atoms with van der Waals surface area (Å²) in [4.78, 5) is 2.11. The van der Waals surface area contributed by atoms with Gasteiger partial charge in [-0.3, -0.25) is 5.01 Å². The molecule has 0 bridgehead atoms. The summed E-state index contributed by atoms with van der Waals surface area (Å²) in [6.45, 7) is 10.9. The SMILES string of the molecule is C=CCN(C)c1ccc(Cl)cc1/C(C)=N/N(CC=C)c1ccc(Cl)cc1. The second kappa shape index (κ2) is 9.46. The molecule has 0 radical (unpaired) electrons. The Morgan fingerprint density at radius 2 is 1.62 bits per heavy atom. The van der Waals surface area contributed by atoms with Crippen LogP contribution in [0.3, 0.4) is 0 Å². The van der Waals surface area contributed by atoms with Gasteiger partial charge in [-0.25, -0.2) is 0 Å². The molecule has 2 rings (SSSR count). The quantitative estimate of drug-likeness (QED) is 0.312. The van der Waals surface area contributed by atoms with Gasteiger partial charge in [-0.2, -0.15) is 5.10 Å². The predicted octanol–water partition coefficient (Wildman–Crippen LogP) is 6.03. The molecule has 0 N–H and O–H groups in total. The number of halogens is 2. The average Bonchev–Trinajstić information content (AvgIpc) is 2.62. The number of rotatable bonds is 8. The van der Waals surface area contributed by atoms with E-state index in [0.29, 0.717) is 16.6 Å². The zero-order chi connectivity index (χ0) is 19.1. The molecule has 0 aliphatic heterocycles. The molecule has 0 saturated heterocycles. The molecule has 0 fully saturated rings. The van der Waals surface area contributed by atoms with Crippen LogP contribution in [-0.4, -0.2) is 25.8 Å². The van der Waals surface area contributed by atoms with Gasteiger partial charge in [0.2, 0.25) is 0 Å². The fraction of sp³-hybridized carbons (Fsp3) is 0.190. The third-order valence-electron chi connectivity index (χ3n) is 3.86. The van der Waals surface area contributed by atoms with Crippen LogP contribution in [0.25, 0.3) is 0 Å². The molecule has 0 unspecified atom stereocenters. The van der Waals surface area contributed by atoms with Crippen molar-refractivity contribution in [3.63, 3.8) is 0 Å². The summed E-state index contributed by atoms with van der Waals surface area (Å²) in [5, 5.41) is 8.06. The van der Waals surface area contributed by atoms with Crippen molar-refractivity contribution in [1.82, 2.24) is 0 Å².